The summed E-state index contributed by atoms with van der Waals surface area (Å²) in [7, 11) is 1.55. The van der Waals surface area contributed by atoms with Crippen LogP contribution in [0.2, 0.25) is 0 Å². The molecular formula is C26H24FN3O4. The number of nitrogens with one attached hydrogen (secondary N) is 1. The number of aryl methyl sites for hydroxylation is 1. The molecule has 4 amide bonds. The van der Waals surface area contributed by atoms with Gasteiger partial charge in [0, 0.05) is 12.2 Å². The third kappa shape index (κ3) is 4.91. The number of ether oxygens (including phenoxy) is 1. The van der Waals surface area contributed by atoms with Crippen LogP contribution >= 0.6 is 0 Å². The molecule has 3 aromatic carbocycles. The highest BCUT2D eigenvalue weighted by Crippen LogP contribution is 2.29. The summed E-state index contributed by atoms with van der Waals surface area (Å²) >= 11 is 0. The lowest BCUT2D eigenvalue weighted by Gasteiger charge is -2.21. The lowest BCUT2D eigenvalue weighted by Crippen LogP contribution is -2.37. The highest BCUT2D eigenvalue weighted by atomic mass is 19.1. The third-order valence-electron chi connectivity index (χ3n) is 5.63. The summed E-state index contributed by atoms with van der Waals surface area (Å²) in [6.45, 7) is 1.97. The van der Waals surface area contributed by atoms with E-state index in [0.29, 0.717) is 22.7 Å². The first-order valence-corrected chi connectivity index (χ1v) is 10.8. The van der Waals surface area contributed by atoms with Crippen molar-refractivity contribution in [3.63, 3.8) is 0 Å². The van der Waals surface area contributed by atoms with Gasteiger partial charge in [-0.2, -0.15) is 0 Å². The van der Waals surface area contributed by atoms with Crippen molar-refractivity contribution in [3.8, 4) is 5.75 Å². The van der Waals surface area contributed by atoms with Gasteiger partial charge in [0.15, 0.2) is 0 Å². The van der Waals surface area contributed by atoms with Crippen molar-refractivity contribution in [1.82, 2.24) is 4.90 Å². The van der Waals surface area contributed by atoms with Crippen molar-refractivity contribution in [2.24, 2.45) is 0 Å². The normalized spacial score (nSPS) is 15.6. The number of carbonyl (C=O) groups excluding carboxylic acids is 3. The molecule has 1 fully saturated rings. The summed E-state index contributed by atoms with van der Waals surface area (Å²) in [6.07, 6.45) is -0.222. The average Bonchev–Trinajstić information content (AvgIpc) is 3.05. The molecule has 0 saturated carbocycles. The summed E-state index contributed by atoms with van der Waals surface area (Å²) in [6, 6.07) is 18.0. The molecule has 0 aliphatic carbocycles. The molecule has 8 heteroatoms. The minimum absolute atomic E-state index is 0.0632. The van der Waals surface area contributed by atoms with Crippen LogP contribution in [0.25, 0.3) is 0 Å². The summed E-state index contributed by atoms with van der Waals surface area (Å²) in [4.78, 5) is 41.9. The number of benzene rings is 3. The second-order valence-electron chi connectivity index (χ2n) is 8.04. The van der Waals surface area contributed by atoms with Crippen molar-refractivity contribution in [2.45, 2.75) is 25.9 Å². The maximum atomic E-state index is 13.4. The van der Waals surface area contributed by atoms with E-state index >= 15 is 0 Å². The van der Waals surface area contributed by atoms with Crippen LogP contribution in [0.5, 0.6) is 5.75 Å². The van der Waals surface area contributed by atoms with E-state index in [4.69, 9.17) is 4.74 Å². The number of hydrogen-bond donors (Lipinski definition) is 1. The molecule has 1 aliphatic heterocycles. The molecule has 1 atom stereocenters. The van der Waals surface area contributed by atoms with E-state index in [2.05, 4.69) is 5.32 Å². The van der Waals surface area contributed by atoms with Crippen LogP contribution in [0.3, 0.4) is 0 Å². The molecule has 4 rings (SSSR count). The van der Waals surface area contributed by atoms with E-state index in [-0.39, 0.29) is 13.0 Å². The lowest BCUT2D eigenvalue weighted by atomic mass is 10.1. The van der Waals surface area contributed by atoms with Gasteiger partial charge in [0.1, 0.15) is 17.6 Å². The molecule has 1 aliphatic rings. The number of halogens is 1. The van der Waals surface area contributed by atoms with E-state index in [1.54, 1.807) is 55.6 Å². The number of methoxy groups -OCH3 is 1. The summed E-state index contributed by atoms with van der Waals surface area (Å²) in [5, 5.41) is 2.76. The number of anilines is 2. The Labute approximate surface area is 196 Å². The molecule has 1 saturated heterocycles. The van der Waals surface area contributed by atoms with Gasteiger partial charge >= 0.3 is 6.03 Å². The minimum Gasteiger partial charge on any atom is -0.497 e. The molecule has 0 aromatic heterocycles. The van der Waals surface area contributed by atoms with Crippen LogP contribution in [0, 0.1) is 12.7 Å². The number of hydrogen-bond acceptors (Lipinski definition) is 4. The van der Waals surface area contributed by atoms with Crippen LogP contribution in [0.15, 0.2) is 72.8 Å². The number of nitrogens with zero attached hydrogens (tertiary/aromatic N) is 2. The number of rotatable bonds is 7. The van der Waals surface area contributed by atoms with Gasteiger partial charge < -0.3 is 15.0 Å². The van der Waals surface area contributed by atoms with Crippen molar-refractivity contribution in [1.29, 1.82) is 0 Å². The lowest BCUT2D eigenvalue weighted by molar-refractivity contribution is -0.124. The third-order valence-corrected chi connectivity index (χ3v) is 5.63. The zero-order chi connectivity index (χ0) is 24.2. The minimum atomic E-state index is -1.00. The van der Waals surface area contributed by atoms with E-state index < -0.39 is 29.7 Å². The smallest absolute Gasteiger partial charge is 0.332 e. The first-order chi connectivity index (χ1) is 16.4. The molecule has 3 aromatic rings. The van der Waals surface area contributed by atoms with Gasteiger partial charge in [0.05, 0.1) is 19.2 Å². The molecule has 0 unspecified atom stereocenters. The van der Waals surface area contributed by atoms with Crippen molar-refractivity contribution >= 4 is 29.2 Å². The van der Waals surface area contributed by atoms with Gasteiger partial charge in [-0.1, -0.05) is 29.8 Å². The fourth-order valence-corrected chi connectivity index (χ4v) is 3.79. The largest absolute Gasteiger partial charge is 0.497 e. The molecular weight excluding hydrogens is 437 g/mol. The maximum Gasteiger partial charge on any atom is 0.332 e. The molecule has 0 bridgehead atoms. The first kappa shape index (κ1) is 23.0. The summed E-state index contributed by atoms with van der Waals surface area (Å²) < 4.78 is 18.5. The fourth-order valence-electron chi connectivity index (χ4n) is 3.79. The Kier molecular flexibility index (Phi) is 6.58. The monoisotopic (exact) mass is 461 g/mol. The number of carbonyl (C=O) groups is 3. The quantitative estimate of drug-likeness (QED) is 0.525. The van der Waals surface area contributed by atoms with Crippen molar-refractivity contribution in [2.75, 3.05) is 17.3 Å². The number of imide groups is 1. The highest BCUT2D eigenvalue weighted by Gasteiger charge is 2.46. The van der Waals surface area contributed by atoms with Gasteiger partial charge in [-0.15, -0.1) is 0 Å². The molecule has 174 valence electrons. The Morgan fingerprint density at radius 1 is 0.971 bits per heavy atom. The molecule has 0 spiro atoms. The Bertz CT molecular complexity index is 1190. The van der Waals surface area contributed by atoms with Crippen LogP contribution < -0.4 is 15.0 Å². The van der Waals surface area contributed by atoms with E-state index in [0.717, 1.165) is 10.5 Å². The van der Waals surface area contributed by atoms with Crippen LogP contribution in [-0.4, -0.2) is 35.9 Å². The van der Waals surface area contributed by atoms with Gasteiger partial charge in [-0.05, 0) is 61.0 Å². The van der Waals surface area contributed by atoms with E-state index in [1.165, 1.54) is 17.0 Å². The van der Waals surface area contributed by atoms with Crippen LogP contribution in [0.4, 0.5) is 20.6 Å². The van der Waals surface area contributed by atoms with Gasteiger partial charge in [-0.25, -0.2) is 14.1 Å². The fraction of sp³-hybridized carbons (Fsp3) is 0.192. The number of urea groups is 1. The molecule has 1 N–H and O–H groups in total. The van der Waals surface area contributed by atoms with Crippen molar-refractivity contribution < 1.29 is 23.5 Å². The zero-order valence-electron chi connectivity index (χ0n) is 18.8. The topological polar surface area (TPSA) is 79.0 Å². The van der Waals surface area contributed by atoms with Gasteiger partial charge in [0.25, 0.3) is 5.91 Å². The zero-order valence-corrected chi connectivity index (χ0v) is 18.8. The maximum absolute atomic E-state index is 13.4. The highest BCUT2D eigenvalue weighted by molar-refractivity contribution is 6.22. The van der Waals surface area contributed by atoms with Crippen LogP contribution in [0.1, 0.15) is 17.5 Å². The molecule has 7 nitrogen and oxygen atoms in total. The molecule has 34 heavy (non-hydrogen) atoms. The summed E-state index contributed by atoms with van der Waals surface area (Å²) in [5.74, 6) is -0.648. The Morgan fingerprint density at radius 2 is 1.62 bits per heavy atom. The van der Waals surface area contributed by atoms with Gasteiger partial charge in [0.2, 0.25) is 5.91 Å². The molecule has 0 radical (unpaired) electrons. The predicted octanol–water partition coefficient (Wildman–Crippen LogP) is 4.51. The average molecular weight is 461 g/mol. The standard InChI is InChI=1S/C26H24FN3O4/c1-17-3-11-21(12-4-17)30-25(32)23(15-24(31)28-20-9-13-22(34-2)14-10-20)29(26(30)33)16-18-5-7-19(27)8-6-18/h3-14,23H,15-16H2,1-2H3,(H,28,31)/t23-/m0/s1. The second kappa shape index (κ2) is 9.74. The Hall–Kier alpha value is -4.20. The molecule has 1 heterocycles. The Morgan fingerprint density at radius 3 is 2.24 bits per heavy atom. The SMILES string of the molecule is COc1ccc(NC(=O)C[C@H]2C(=O)N(c3ccc(C)cc3)C(=O)N2Cc2ccc(F)cc2)cc1. The van der Waals surface area contributed by atoms with E-state index in [9.17, 15) is 18.8 Å². The second-order valence-corrected chi connectivity index (χ2v) is 8.04. The predicted molar refractivity (Wildman–Crippen MR) is 126 cm³/mol. The van der Waals surface area contributed by atoms with Crippen LogP contribution in [-0.2, 0) is 16.1 Å². The number of amides is 4. The summed E-state index contributed by atoms with van der Waals surface area (Å²) in [5.41, 5.74) is 2.61. The van der Waals surface area contributed by atoms with E-state index in [1.807, 2.05) is 19.1 Å². The van der Waals surface area contributed by atoms with Gasteiger partial charge in [-0.3, -0.25) is 9.59 Å². The van der Waals surface area contributed by atoms with Crippen molar-refractivity contribution in [3.05, 3.63) is 89.7 Å². The first-order valence-electron chi connectivity index (χ1n) is 10.8. The Balaban J connectivity index is 1.58.